The highest BCUT2D eigenvalue weighted by Crippen LogP contribution is 2.30. The van der Waals surface area contributed by atoms with E-state index in [2.05, 4.69) is 92.1 Å². The average molecular weight is 1310 g/mol. The summed E-state index contributed by atoms with van der Waals surface area (Å²) >= 11 is 0. The summed E-state index contributed by atoms with van der Waals surface area (Å²) in [4.78, 5) is 13.4. The lowest BCUT2D eigenvalue weighted by Gasteiger charge is -2.46. The molecule has 2 rings (SSSR count). The summed E-state index contributed by atoms with van der Waals surface area (Å²) in [6.45, 7) is 2.72. The Balaban J connectivity index is 1.65. The molecule has 0 aromatic carbocycles. The van der Waals surface area contributed by atoms with E-state index in [-0.39, 0.29) is 18.9 Å². The summed E-state index contributed by atoms with van der Waals surface area (Å²) in [5, 5.41) is 87.6. The molecule has 2 fully saturated rings. The Morgan fingerprint density at radius 3 is 1.14 bits per heavy atom. The van der Waals surface area contributed by atoms with Gasteiger partial charge >= 0.3 is 0 Å². The number of nitrogens with one attached hydrogen (secondary N) is 1. The number of aliphatic hydroxyl groups is 8. The normalized spacial score (nSPS) is 23.0. The van der Waals surface area contributed by atoms with Crippen LogP contribution >= 0.6 is 0 Å². The summed E-state index contributed by atoms with van der Waals surface area (Å²) in [6, 6.07) is -0.922. The first-order valence-corrected chi connectivity index (χ1v) is 38.3. The molecule has 540 valence electrons. The molecule has 12 atom stereocenters. The molecule has 0 saturated carbocycles. The molecule has 0 aromatic rings. The van der Waals surface area contributed by atoms with E-state index in [0.717, 1.165) is 83.5 Å². The minimum absolute atomic E-state index is 0.241. The van der Waals surface area contributed by atoms with Crippen molar-refractivity contribution in [2.75, 3.05) is 19.8 Å². The van der Waals surface area contributed by atoms with Gasteiger partial charge in [-0.1, -0.05) is 324 Å². The van der Waals surface area contributed by atoms with Gasteiger partial charge in [-0.25, -0.2) is 0 Å². The minimum atomic E-state index is -1.79. The van der Waals surface area contributed by atoms with Crippen molar-refractivity contribution in [3.05, 3.63) is 85.1 Å². The van der Waals surface area contributed by atoms with Gasteiger partial charge in [0.15, 0.2) is 12.6 Å². The second kappa shape index (κ2) is 62.7. The van der Waals surface area contributed by atoms with Crippen LogP contribution in [-0.2, 0) is 23.7 Å². The van der Waals surface area contributed by atoms with Crippen LogP contribution in [0.5, 0.6) is 0 Å². The second-order valence-electron chi connectivity index (χ2n) is 26.8. The topological polar surface area (TPSA) is 228 Å². The molecule has 12 unspecified atom stereocenters. The molecule has 0 spiro atoms. The van der Waals surface area contributed by atoms with Crippen molar-refractivity contribution < 1.29 is 64.6 Å². The van der Waals surface area contributed by atoms with Gasteiger partial charge in [-0.3, -0.25) is 4.79 Å². The Morgan fingerprint density at radius 1 is 0.398 bits per heavy atom. The van der Waals surface area contributed by atoms with E-state index in [0.29, 0.717) is 6.42 Å². The number of carbonyl (C=O) groups is 1. The lowest BCUT2D eigenvalue weighted by atomic mass is 9.97. The van der Waals surface area contributed by atoms with Crippen molar-refractivity contribution in [2.45, 2.75) is 389 Å². The van der Waals surface area contributed by atoms with Crippen LogP contribution in [0.2, 0.25) is 0 Å². The molecule has 2 aliphatic heterocycles. The lowest BCUT2D eigenvalue weighted by molar-refractivity contribution is -0.359. The van der Waals surface area contributed by atoms with E-state index in [9.17, 15) is 45.6 Å². The molecule has 0 bridgehead atoms. The smallest absolute Gasteiger partial charge is 0.220 e. The SMILES string of the molecule is CC/C=C\C/C=C\C/C=C\C/C=C\C/C=C\C/C=C\CCCCCCCCCCCCCCC(=O)NC(COC1OC(CO)C(OC2OC(CO)C(O)C(O)C2O)C(O)C1O)C(O)/C=C/CCCCCCCCCCCCCCCCCCCCCCCCCCCC. The third-order valence-electron chi connectivity index (χ3n) is 18.3. The highest BCUT2D eigenvalue weighted by Gasteiger charge is 2.51. The lowest BCUT2D eigenvalue weighted by Crippen LogP contribution is -2.65. The van der Waals surface area contributed by atoms with Gasteiger partial charge in [0.25, 0.3) is 0 Å². The van der Waals surface area contributed by atoms with Gasteiger partial charge in [-0.2, -0.15) is 0 Å². The first-order valence-electron chi connectivity index (χ1n) is 38.3. The van der Waals surface area contributed by atoms with E-state index in [1.807, 2.05) is 6.08 Å². The molecule has 14 heteroatoms. The summed E-state index contributed by atoms with van der Waals surface area (Å²) in [7, 11) is 0. The quantitative estimate of drug-likeness (QED) is 0.0204. The number of unbranched alkanes of at least 4 members (excludes halogenated alkanes) is 38. The van der Waals surface area contributed by atoms with Crippen LogP contribution in [0.4, 0.5) is 0 Å². The highest BCUT2D eigenvalue weighted by atomic mass is 16.7. The molecule has 1 amide bonds. The Bertz CT molecular complexity index is 1890. The molecule has 9 N–H and O–H groups in total. The van der Waals surface area contributed by atoms with Gasteiger partial charge in [0.2, 0.25) is 5.91 Å². The summed E-state index contributed by atoms with van der Waals surface area (Å²) in [5.41, 5.74) is 0. The van der Waals surface area contributed by atoms with Gasteiger partial charge < -0.3 is 65.1 Å². The standard InChI is InChI=1S/C79H141NO13/c1-3-5-7-9-11-13-15-17-19-21-23-25-27-29-31-33-34-35-37-39-41-43-45-47-49-51-53-55-57-59-61-63-71(84)80-67(66-90-78-76(89)74(87)77(70(65-82)92-78)93-79-75(88)73(86)72(85)69(64-81)91-79)68(83)62-60-58-56-54-52-50-48-46-44-42-40-38-36-32-30-28-26-24-22-20-18-16-14-12-10-8-6-4-2/h5,7,11,13,17,19,23,25,29,31,34-35,60,62,67-70,72-79,81-83,85-89H,3-4,6,8-10,12,14-16,18,20-22,24,26-28,30,32-33,36-59,61,63-66H2,1-2H3,(H,80,84)/b7-5-,13-11-,19-17-,25-23-,31-29-,35-34-,62-60+. The van der Waals surface area contributed by atoms with Crippen molar-refractivity contribution >= 4 is 5.91 Å². The van der Waals surface area contributed by atoms with Gasteiger partial charge in [-0.05, 0) is 70.6 Å². The van der Waals surface area contributed by atoms with Gasteiger partial charge in [-0.15, -0.1) is 0 Å². The number of ether oxygens (including phenoxy) is 4. The van der Waals surface area contributed by atoms with Crippen molar-refractivity contribution in [1.82, 2.24) is 5.32 Å². The predicted molar refractivity (Wildman–Crippen MR) is 383 cm³/mol. The third-order valence-corrected chi connectivity index (χ3v) is 18.3. The zero-order valence-corrected chi connectivity index (χ0v) is 59.0. The van der Waals surface area contributed by atoms with Crippen molar-refractivity contribution in [3.63, 3.8) is 0 Å². The number of carbonyl (C=O) groups excluding carboxylic acids is 1. The molecule has 0 aliphatic carbocycles. The zero-order chi connectivity index (χ0) is 67.3. The van der Waals surface area contributed by atoms with Crippen LogP contribution in [0.15, 0.2) is 85.1 Å². The first kappa shape index (κ1) is 86.3. The summed E-state index contributed by atoms with van der Waals surface area (Å²) in [6.07, 6.45) is 70.7. The van der Waals surface area contributed by atoms with Crippen molar-refractivity contribution in [2.24, 2.45) is 0 Å². The fourth-order valence-electron chi connectivity index (χ4n) is 12.3. The number of hydrogen-bond donors (Lipinski definition) is 9. The number of aliphatic hydroxyl groups excluding tert-OH is 8. The number of allylic oxidation sites excluding steroid dienone is 13. The molecule has 0 radical (unpaired) electrons. The maximum Gasteiger partial charge on any atom is 0.220 e. The number of hydrogen-bond acceptors (Lipinski definition) is 13. The average Bonchev–Trinajstić information content (AvgIpc) is 0.851. The fraction of sp³-hybridized carbons (Fsp3) is 0.810. The van der Waals surface area contributed by atoms with Gasteiger partial charge in [0.05, 0.1) is 32.0 Å². The van der Waals surface area contributed by atoms with Crippen molar-refractivity contribution in [1.29, 1.82) is 0 Å². The Labute approximate surface area is 567 Å². The largest absolute Gasteiger partial charge is 0.394 e. The molecular formula is C79H141NO13. The van der Waals surface area contributed by atoms with Crippen LogP contribution in [0.25, 0.3) is 0 Å². The molecule has 2 heterocycles. The molecule has 2 aliphatic rings. The minimum Gasteiger partial charge on any atom is -0.394 e. The zero-order valence-electron chi connectivity index (χ0n) is 59.0. The number of rotatable bonds is 63. The maximum atomic E-state index is 13.4. The van der Waals surface area contributed by atoms with Gasteiger partial charge in [0.1, 0.15) is 48.8 Å². The molecule has 0 aromatic heterocycles. The van der Waals surface area contributed by atoms with Gasteiger partial charge in [0, 0.05) is 6.42 Å². The Hall–Kier alpha value is -2.83. The van der Waals surface area contributed by atoms with E-state index in [1.54, 1.807) is 6.08 Å². The van der Waals surface area contributed by atoms with E-state index in [1.165, 1.54) is 205 Å². The Morgan fingerprint density at radius 2 is 0.742 bits per heavy atom. The molecular weight excluding hydrogens is 1170 g/mol. The van der Waals surface area contributed by atoms with Crippen LogP contribution < -0.4 is 5.32 Å². The monoisotopic (exact) mass is 1310 g/mol. The second-order valence-corrected chi connectivity index (χ2v) is 26.8. The fourth-order valence-corrected chi connectivity index (χ4v) is 12.3. The van der Waals surface area contributed by atoms with Crippen LogP contribution in [-0.4, -0.2) is 140 Å². The van der Waals surface area contributed by atoms with E-state index >= 15 is 0 Å². The molecule has 14 nitrogen and oxygen atoms in total. The maximum absolute atomic E-state index is 13.4. The summed E-state index contributed by atoms with van der Waals surface area (Å²) < 4.78 is 22.9. The van der Waals surface area contributed by atoms with Crippen LogP contribution in [0.1, 0.15) is 316 Å². The van der Waals surface area contributed by atoms with E-state index < -0.39 is 86.8 Å². The molecule has 2 saturated heterocycles. The van der Waals surface area contributed by atoms with Crippen LogP contribution in [0.3, 0.4) is 0 Å². The number of amides is 1. The summed E-state index contributed by atoms with van der Waals surface area (Å²) in [5.74, 6) is -0.241. The van der Waals surface area contributed by atoms with E-state index in [4.69, 9.17) is 18.9 Å². The first-order chi connectivity index (χ1) is 45.6. The van der Waals surface area contributed by atoms with Crippen LogP contribution in [0, 0.1) is 0 Å². The third kappa shape index (κ3) is 46.1. The highest BCUT2D eigenvalue weighted by molar-refractivity contribution is 5.76. The van der Waals surface area contributed by atoms with Crippen molar-refractivity contribution in [3.8, 4) is 0 Å². The Kier molecular flexibility index (Phi) is 58.1. The predicted octanol–water partition coefficient (Wildman–Crippen LogP) is 16.7. The molecule has 93 heavy (non-hydrogen) atoms.